The molecule has 0 saturated carbocycles. The van der Waals surface area contributed by atoms with Gasteiger partial charge in [0.2, 0.25) is 5.91 Å². The number of likely N-dealkylation sites (tertiary alicyclic amines) is 1. The van der Waals surface area contributed by atoms with E-state index in [1.165, 1.54) is 18.1 Å². The number of carbonyl (C=O) groups is 3. The minimum Gasteiger partial charge on any atom is -0.453 e. The minimum atomic E-state index is -0.765. The number of hydrogen-bond acceptors (Lipinski definition) is 5. The van der Waals surface area contributed by atoms with Crippen molar-refractivity contribution in [2.24, 2.45) is 5.92 Å². The number of carbonyl (C=O) groups excluding carboxylic acids is 3. The Morgan fingerprint density at radius 3 is 2.42 bits per heavy atom. The van der Waals surface area contributed by atoms with Gasteiger partial charge in [-0.25, -0.2) is 18.4 Å². The highest BCUT2D eigenvalue weighted by Gasteiger charge is 2.42. The molecule has 3 atom stereocenters. The molecule has 0 radical (unpaired) electrons. The van der Waals surface area contributed by atoms with E-state index in [4.69, 9.17) is 9.47 Å². The summed E-state index contributed by atoms with van der Waals surface area (Å²) in [5.74, 6) is -3.25. The molecule has 0 bridgehead atoms. The van der Waals surface area contributed by atoms with Gasteiger partial charge in [-0.3, -0.25) is 4.79 Å². The van der Waals surface area contributed by atoms with E-state index in [-0.39, 0.29) is 30.6 Å². The molecule has 38 heavy (non-hydrogen) atoms. The van der Waals surface area contributed by atoms with Crippen LogP contribution in [0.2, 0.25) is 0 Å². The van der Waals surface area contributed by atoms with Crippen LogP contribution in [0.5, 0.6) is 0 Å². The molecule has 2 aromatic carbocycles. The normalized spacial score (nSPS) is 18.0. The van der Waals surface area contributed by atoms with Gasteiger partial charge in [0, 0.05) is 31.6 Å². The summed E-state index contributed by atoms with van der Waals surface area (Å²) >= 11 is 0. The van der Waals surface area contributed by atoms with Crippen molar-refractivity contribution < 1.29 is 32.6 Å². The van der Waals surface area contributed by atoms with Crippen LogP contribution in [0.15, 0.2) is 48.5 Å². The average Bonchev–Trinajstić information content (AvgIpc) is 3.30. The summed E-state index contributed by atoms with van der Waals surface area (Å²) in [7, 11) is 1.29. The van der Waals surface area contributed by atoms with Gasteiger partial charge >= 0.3 is 12.2 Å². The summed E-state index contributed by atoms with van der Waals surface area (Å²) in [6.07, 6.45) is -0.0857. The van der Waals surface area contributed by atoms with Gasteiger partial charge in [0.15, 0.2) is 0 Å². The predicted octanol–water partition coefficient (Wildman–Crippen LogP) is 4.91. The lowest BCUT2D eigenvalue weighted by Crippen LogP contribution is -2.38. The highest BCUT2D eigenvalue weighted by atomic mass is 19.1. The molecule has 0 aliphatic carbocycles. The van der Waals surface area contributed by atoms with Crippen molar-refractivity contribution >= 4 is 18.1 Å². The quantitative estimate of drug-likeness (QED) is 0.472. The SMILES string of the molecule is COC(=O)NC(CCCNC(=O)[C@@H]1CN(C(=O)OC(C)(C)C)C[C@H]1c1ccc(F)cc1F)c1ccccc1. The number of benzene rings is 2. The Bertz CT molecular complexity index is 1120. The molecule has 1 fully saturated rings. The van der Waals surface area contributed by atoms with Crippen molar-refractivity contribution in [1.29, 1.82) is 0 Å². The third-order valence-corrected chi connectivity index (χ3v) is 6.32. The lowest BCUT2D eigenvalue weighted by Gasteiger charge is -2.24. The number of halogens is 2. The first-order valence-electron chi connectivity index (χ1n) is 12.6. The van der Waals surface area contributed by atoms with Crippen molar-refractivity contribution in [1.82, 2.24) is 15.5 Å². The predicted molar refractivity (Wildman–Crippen MR) is 137 cm³/mol. The summed E-state index contributed by atoms with van der Waals surface area (Å²) < 4.78 is 38.4. The molecule has 206 valence electrons. The van der Waals surface area contributed by atoms with Crippen molar-refractivity contribution in [3.8, 4) is 0 Å². The van der Waals surface area contributed by atoms with E-state index in [2.05, 4.69) is 10.6 Å². The Kier molecular flexibility index (Phi) is 9.66. The van der Waals surface area contributed by atoms with E-state index >= 15 is 0 Å². The standard InChI is InChI=1S/C28H35F2N3O5/c1-28(2,3)38-27(36)33-16-21(20-13-12-19(29)15-23(20)30)22(17-33)25(34)31-14-8-11-24(32-26(35)37-4)18-9-6-5-7-10-18/h5-7,9-10,12-13,15,21-22,24H,8,11,14,16-17H2,1-4H3,(H,31,34)(H,32,35)/t21-,22+,24?/m0/s1. The molecule has 3 amide bonds. The third-order valence-electron chi connectivity index (χ3n) is 6.32. The molecule has 0 spiro atoms. The Morgan fingerprint density at radius 1 is 1.08 bits per heavy atom. The molecule has 1 heterocycles. The van der Waals surface area contributed by atoms with E-state index in [1.54, 1.807) is 20.8 Å². The van der Waals surface area contributed by atoms with Gasteiger partial charge in [0.05, 0.1) is 19.1 Å². The number of methoxy groups -OCH3 is 1. The molecular weight excluding hydrogens is 496 g/mol. The zero-order chi connectivity index (χ0) is 27.9. The summed E-state index contributed by atoms with van der Waals surface area (Å²) in [6, 6.07) is 12.3. The maximum atomic E-state index is 14.7. The lowest BCUT2D eigenvalue weighted by atomic mass is 9.88. The Hall–Kier alpha value is -3.69. The van der Waals surface area contributed by atoms with E-state index in [9.17, 15) is 23.2 Å². The third kappa shape index (κ3) is 7.90. The van der Waals surface area contributed by atoms with Gasteiger partial charge < -0.3 is 25.0 Å². The number of alkyl carbamates (subject to hydrolysis) is 1. The molecule has 0 aromatic heterocycles. The Labute approximate surface area is 221 Å². The van der Waals surface area contributed by atoms with E-state index in [0.29, 0.717) is 19.4 Å². The van der Waals surface area contributed by atoms with Crippen LogP contribution < -0.4 is 10.6 Å². The molecule has 8 nitrogen and oxygen atoms in total. The second-order valence-corrected chi connectivity index (χ2v) is 10.3. The fourth-order valence-corrected chi connectivity index (χ4v) is 4.52. The van der Waals surface area contributed by atoms with Crippen LogP contribution in [-0.4, -0.2) is 55.3 Å². The van der Waals surface area contributed by atoms with Crippen molar-refractivity contribution in [2.75, 3.05) is 26.7 Å². The Morgan fingerprint density at radius 2 is 1.79 bits per heavy atom. The van der Waals surface area contributed by atoms with Crippen molar-refractivity contribution in [3.63, 3.8) is 0 Å². The van der Waals surface area contributed by atoms with Crippen LogP contribution in [0.3, 0.4) is 0 Å². The molecule has 1 saturated heterocycles. The smallest absolute Gasteiger partial charge is 0.410 e. The summed E-state index contributed by atoms with van der Waals surface area (Å²) in [5, 5.41) is 5.68. The molecule has 1 aliphatic rings. The molecule has 1 unspecified atom stereocenters. The van der Waals surface area contributed by atoms with Crippen molar-refractivity contribution in [2.45, 2.75) is 51.2 Å². The van der Waals surface area contributed by atoms with Gasteiger partial charge in [-0.2, -0.15) is 0 Å². The van der Waals surface area contributed by atoms with Crippen LogP contribution >= 0.6 is 0 Å². The van der Waals surface area contributed by atoms with Crippen molar-refractivity contribution in [3.05, 3.63) is 71.3 Å². The van der Waals surface area contributed by atoms with Gasteiger partial charge in [0.25, 0.3) is 0 Å². The van der Waals surface area contributed by atoms with Gasteiger partial charge in [-0.05, 0) is 50.8 Å². The van der Waals surface area contributed by atoms with E-state index in [1.807, 2.05) is 30.3 Å². The summed E-state index contributed by atoms with van der Waals surface area (Å²) in [6.45, 7) is 5.61. The summed E-state index contributed by atoms with van der Waals surface area (Å²) in [4.78, 5) is 39.1. The highest BCUT2D eigenvalue weighted by Crippen LogP contribution is 2.35. The van der Waals surface area contributed by atoms with Crippen LogP contribution in [0, 0.1) is 17.6 Å². The molecular formula is C28H35F2N3O5. The molecule has 3 rings (SSSR count). The number of hydrogen-bond donors (Lipinski definition) is 2. The highest BCUT2D eigenvalue weighted by molar-refractivity contribution is 5.82. The summed E-state index contributed by atoms with van der Waals surface area (Å²) in [5.41, 5.74) is 0.339. The molecule has 1 aliphatic heterocycles. The maximum Gasteiger partial charge on any atom is 0.410 e. The van der Waals surface area contributed by atoms with E-state index in [0.717, 1.165) is 17.7 Å². The number of nitrogens with one attached hydrogen (secondary N) is 2. The minimum absolute atomic E-state index is 0.0404. The molecule has 2 aromatic rings. The first-order valence-corrected chi connectivity index (χ1v) is 12.6. The van der Waals surface area contributed by atoms with Crippen LogP contribution in [-0.2, 0) is 14.3 Å². The number of nitrogens with zero attached hydrogens (tertiary/aromatic N) is 1. The molecule has 10 heteroatoms. The van der Waals surface area contributed by atoms with Crippen LogP contribution in [0.25, 0.3) is 0 Å². The Balaban J connectivity index is 1.67. The topological polar surface area (TPSA) is 97.0 Å². The van der Waals surface area contributed by atoms with Gasteiger partial charge in [-0.15, -0.1) is 0 Å². The first-order chi connectivity index (χ1) is 18.0. The number of amides is 3. The fraction of sp³-hybridized carbons (Fsp3) is 0.464. The second kappa shape index (κ2) is 12.7. The maximum absolute atomic E-state index is 14.7. The number of ether oxygens (including phenoxy) is 2. The first kappa shape index (κ1) is 28.9. The average molecular weight is 532 g/mol. The van der Waals surface area contributed by atoms with Crippen LogP contribution in [0.4, 0.5) is 18.4 Å². The molecule has 2 N–H and O–H groups in total. The largest absolute Gasteiger partial charge is 0.453 e. The van der Waals surface area contributed by atoms with E-state index < -0.39 is 41.3 Å². The van der Waals surface area contributed by atoms with Crippen LogP contribution in [0.1, 0.15) is 56.7 Å². The zero-order valence-corrected chi connectivity index (χ0v) is 22.1. The van der Waals surface area contributed by atoms with Gasteiger partial charge in [-0.1, -0.05) is 36.4 Å². The lowest BCUT2D eigenvalue weighted by molar-refractivity contribution is -0.125. The monoisotopic (exact) mass is 531 g/mol. The number of rotatable bonds is 8. The fourth-order valence-electron chi connectivity index (χ4n) is 4.52. The zero-order valence-electron chi connectivity index (χ0n) is 22.1. The second-order valence-electron chi connectivity index (χ2n) is 10.3. The van der Waals surface area contributed by atoms with Gasteiger partial charge in [0.1, 0.15) is 17.2 Å².